The van der Waals surface area contributed by atoms with Crippen molar-refractivity contribution in [3.8, 4) is 11.5 Å². The van der Waals surface area contributed by atoms with E-state index in [4.69, 9.17) is 18.7 Å². The predicted octanol–water partition coefficient (Wildman–Crippen LogP) is 3.09. The number of nitrogens with zero attached hydrogens (tertiary/aromatic N) is 2. The molecule has 0 saturated carbocycles. The standard InChI is InChI=1S/C23H25N3O6/c1-12-20(13(2)32-25-12)16-9-15-5-6-17(21(16)22(27)29-3)26(15)23(28)24-10-14-4-7-18-19(8-14)31-11-30-18/h4,7-8,15,17H,5-6,9-11H2,1-3H3,(H,24,28)/t15-,17+/m0/s1. The molecule has 3 aliphatic rings. The van der Waals surface area contributed by atoms with E-state index < -0.39 is 5.97 Å². The molecule has 1 fully saturated rings. The summed E-state index contributed by atoms with van der Waals surface area (Å²) in [4.78, 5) is 27.8. The fourth-order valence-electron chi connectivity index (χ4n) is 5.06. The summed E-state index contributed by atoms with van der Waals surface area (Å²) in [6, 6.07) is 5.05. The van der Waals surface area contributed by atoms with Gasteiger partial charge in [0, 0.05) is 18.2 Å². The Labute approximate surface area is 185 Å². The van der Waals surface area contributed by atoms with Crippen LogP contribution < -0.4 is 14.8 Å². The Morgan fingerprint density at radius 2 is 2.03 bits per heavy atom. The maximum absolute atomic E-state index is 13.2. The zero-order chi connectivity index (χ0) is 22.4. The Hall–Kier alpha value is -3.49. The number of carbonyl (C=O) groups excluding carboxylic acids is 2. The van der Waals surface area contributed by atoms with Gasteiger partial charge in [0.25, 0.3) is 0 Å². The van der Waals surface area contributed by atoms with Gasteiger partial charge in [0.2, 0.25) is 6.79 Å². The van der Waals surface area contributed by atoms with E-state index in [1.807, 2.05) is 32.0 Å². The van der Waals surface area contributed by atoms with Crippen LogP contribution in [0.5, 0.6) is 11.5 Å². The van der Waals surface area contributed by atoms with Crippen molar-refractivity contribution in [3.05, 3.63) is 46.4 Å². The Balaban J connectivity index is 1.40. The minimum Gasteiger partial charge on any atom is -0.466 e. The van der Waals surface area contributed by atoms with Crippen LogP contribution in [0.2, 0.25) is 0 Å². The zero-order valence-corrected chi connectivity index (χ0v) is 18.3. The molecule has 168 valence electrons. The van der Waals surface area contributed by atoms with Crippen LogP contribution in [0.1, 0.15) is 41.8 Å². The van der Waals surface area contributed by atoms with E-state index in [1.165, 1.54) is 7.11 Å². The van der Waals surface area contributed by atoms with Gasteiger partial charge >= 0.3 is 12.0 Å². The van der Waals surface area contributed by atoms with E-state index >= 15 is 0 Å². The third-order valence-electron chi connectivity index (χ3n) is 6.46. The molecule has 3 aliphatic heterocycles. The van der Waals surface area contributed by atoms with Gasteiger partial charge in [-0.2, -0.15) is 0 Å². The highest BCUT2D eigenvalue weighted by Gasteiger charge is 2.47. The molecule has 0 aliphatic carbocycles. The summed E-state index contributed by atoms with van der Waals surface area (Å²) in [7, 11) is 1.37. The fraction of sp³-hybridized carbons (Fsp3) is 0.435. The highest BCUT2D eigenvalue weighted by atomic mass is 16.7. The Kier molecular flexibility index (Phi) is 5.03. The molecule has 0 unspecified atom stereocenters. The first-order chi connectivity index (χ1) is 15.5. The largest absolute Gasteiger partial charge is 0.466 e. The number of urea groups is 1. The fourth-order valence-corrected chi connectivity index (χ4v) is 5.06. The predicted molar refractivity (Wildman–Crippen MR) is 113 cm³/mol. The highest BCUT2D eigenvalue weighted by Crippen LogP contribution is 2.44. The van der Waals surface area contributed by atoms with Crippen LogP contribution >= 0.6 is 0 Å². The molecule has 32 heavy (non-hydrogen) atoms. The van der Waals surface area contributed by atoms with Crippen LogP contribution in [0.15, 0.2) is 28.3 Å². The molecule has 2 bridgehead atoms. The Morgan fingerprint density at radius 3 is 2.78 bits per heavy atom. The van der Waals surface area contributed by atoms with Crippen molar-refractivity contribution in [3.63, 3.8) is 0 Å². The average molecular weight is 439 g/mol. The van der Waals surface area contributed by atoms with Crippen LogP contribution in [0.3, 0.4) is 0 Å². The van der Waals surface area contributed by atoms with Crippen LogP contribution in [-0.4, -0.2) is 48.0 Å². The molecule has 0 radical (unpaired) electrons. The number of methoxy groups -OCH3 is 1. The molecule has 0 spiro atoms. The molecule has 2 amide bonds. The highest BCUT2D eigenvalue weighted by molar-refractivity contribution is 6.01. The molecule has 2 atom stereocenters. The first-order valence-corrected chi connectivity index (χ1v) is 10.7. The smallest absolute Gasteiger partial charge is 0.336 e. The van der Waals surface area contributed by atoms with Gasteiger partial charge in [0.1, 0.15) is 5.76 Å². The lowest BCUT2D eigenvalue weighted by atomic mass is 9.87. The molecule has 1 aromatic heterocycles. The molecule has 2 aromatic rings. The van der Waals surface area contributed by atoms with E-state index in [0.717, 1.165) is 28.8 Å². The van der Waals surface area contributed by atoms with Gasteiger partial charge in [-0.25, -0.2) is 9.59 Å². The average Bonchev–Trinajstić information content (AvgIpc) is 3.47. The summed E-state index contributed by atoms with van der Waals surface area (Å²) in [6.45, 7) is 4.25. The van der Waals surface area contributed by atoms with Crippen LogP contribution in [0.25, 0.3) is 5.57 Å². The van der Waals surface area contributed by atoms with Gasteiger partial charge in [0.15, 0.2) is 11.5 Å². The Morgan fingerprint density at radius 1 is 1.22 bits per heavy atom. The quantitative estimate of drug-likeness (QED) is 0.730. The molecule has 1 saturated heterocycles. The van der Waals surface area contributed by atoms with E-state index in [1.54, 1.807) is 4.90 Å². The second-order valence-electron chi connectivity index (χ2n) is 8.29. The van der Waals surface area contributed by atoms with E-state index in [9.17, 15) is 9.59 Å². The van der Waals surface area contributed by atoms with Gasteiger partial charge in [-0.15, -0.1) is 0 Å². The number of hydrogen-bond acceptors (Lipinski definition) is 7. The van der Waals surface area contributed by atoms with Crippen LogP contribution in [0, 0.1) is 13.8 Å². The number of nitrogens with one attached hydrogen (secondary N) is 1. The van der Waals surface area contributed by atoms with Crippen molar-refractivity contribution in [2.45, 2.75) is 51.7 Å². The third kappa shape index (κ3) is 3.28. The van der Waals surface area contributed by atoms with E-state index in [0.29, 0.717) is 42.2 Å². The maximum Gasteiger partial charge on any atom is 0.336 e. The summed E-state index contributed by atoms with van der Waals surface area (Å²) in [5, 5.41) is 7.05. The minimum atomic E-state index is -0.418. The van der Waals surface area contributed by atoms with Gasteiger partial charge in [-0.05, 0) is 56.4 Å². The first-order valence-electron chi connectivity index (χ1n) is 10.7. The van der Waals surface area contributed by atoms with Crippen LogP contribution in [0.4, 0.5) is 4.79 Å². The van der Waals surface area contributed by atoms with Gasteiger partial charge in [-0.1, -0.05) is 11.2 Å². The van der Waals surface area contributed by atoms with E-state index in [2.05, 4.69) is 10.5 Å². The topological polar surface area (TPSA) is 103 Å². The van der Waals surface area contributed by atoms with E-state index in [-0.39, 0.29) is 24.9 Å². The molecule has 1 N–H and O–H groups in total. The van der Waals surface area contributed by atoms with Crippen molar-refractivity contribution in [2.75, 3.05) is 13.9 Å². The summed E-state index contributed by atoms with van der Waals surface area (Å²) in [5.74, 6) is 1.63. The van der Waals surface area contributed by atoms with Crippen molar-refractivity contribution < 1.29 is 28.3 Å². The number of aryl methyl sites for hydroxylation is 2. The monoisotopic (exact) mass is 439 g/mol. The van der Waals surface area contributed by atoms with Gasteiger partial charge < -0.3 is 29.0 Å². The van der Waals surface area contributed by atoms with Gasteiger partial charge in [0.05, 0.1) is 24.4 Å². The molecular weight excluding hydrogens is 414 g/mol. The number of fused-ring (bicyclic) bond motifs is 3. The lowest BCUT2D eigenvalue weighted by molar-refractivity contribution is -0.136. The number of esters is 1. The SMILES string of the molecule is COC(=O)C1=C(c2c(C)noc2C)C[C@@H]2CC[C@H]1N2C(=O)NCc1ccc2c(c1)OCO2. The van der Waals surface area contributed by atoms with Crippen molar-refractivity contribution in [2.24, 2.45) is 0 Å². The molecule has 1 aromatic carbocycles. The lowest BCUT2D eigenvalue weighted by Crippen LogP contribution is -2.50. The summed E-state index contributed by atoms with van der Waals surface area (Å²) < 4.78 is 21.2. The van der Waals surface area contributed by atoms with Gasteiger partial charge in [-0.3, -0.25) is 0 Å². The molecule has 9 nitrogen and oxygen atoms in total. The molecule has 9 heteroatoms. The number of benzene rings is 1. The molecule has 5 rings (SSSR count). The third-order valence-corrected chi connectivity index (χ3v) is 6.46. The molecular formula is C23H25N3O6. The summed E-state index contributed by atoms with van der Waals surface area (Å²) in [6.07, 6.45) is 2.08. The second kappa shape index (κ2) is 7.89. The van der Waals surface area contributed by atoms with Crippen LogP contribution in [-0.2, 0) is 16.1 Å². The summed E-state index contributed by atoms with van der Waals surface area (Å²) in [5.41, 5.74) is 3.89. The second-order valence-corrected chi connectivity index (χ2v) is 8.29. The van der Waals surface area contributed by atoms with Crippen molar-refractivity contribution in [1.82, 2.24) is 15.4 Å². The van der Waals surface area contributed by atoms with Crippen molar-refractivity contribution in [1.29, 1.82) is 0 Å². The first kappa shape index (κ1) is 20.4. The maximum atomic E-state index is 13.2. The van der Waals surface area contributed by atoms with Crippen molar-refractivity contribution >= 4 is 17.6 Å². The normalized spacial score (nSPS) is 21.2. The minimum absolute atomic E-state index is 0.00569. The zero-order valence-electron chi connectivity index (χ0n) is 18.3. The Bertz CT molecular complexity index is 1100. The number of aromatic nitrogens is 1. The number of ether oxygens (including phenoxy) is 3. The number of carbonyl (C=O) groups is 2. The molecule has 4 heterocycles. The summed E-state index contributed by atoms with van der Waals surface area (Å²) >= 11 is 0. The number of rotatable bonds is 4. The number of hydrogen-bond donors (Lipinski definition) is 1. The number of amides is 2. The lowest BCUT2D eigenvalue weighted by Gasteiger charge is -2.37.